The Morgan fingerprint density at radius 2 is 1.07 bits per heavy atom. The molecule has 0 aliphatic heterocycles. The van der Waals surface area contributed by atoms with Crippen molar-refractivity contribution < 1.29 is 71.0 Å². The van der Waals surface area contributed by atoms with Gasteiger partial charge in [0, 0.05) is 10.4 Å². The van der Waals surface area contributed by atoms with Crippen LogP contribution in [0.15, 0.2) is 0 Å². The molecule has 0 aliphatic carbocycles. The van der Waals surface area contributed by atoms with Gasteiger partial charge in [0.15, 0.2) is 0 Å². The zero-order chi connectivity index (χ0) is 11.7. The molecule has 0 aromatic rings. The molecule has 15 heteroatoms. The van der Waals surface area contributed by atoms with Gasteiger partial charge in [-0.1, -0.05) is 0 Å². The molecule has 0 aromatic carbocycles. The maximum absolute atomic E-state index is 8.52. The van der Waals surface area contributed by atoms with Crippen LogP contribution in [-0.4, -0.2) is 45.0 Å². The van der Waals surface area contributed by atoms with Crippen LogP contribution in [0, 0.1) is 15.3 Å². The molecular formula is H3BCoNNiO10S+. The van der Waals surface area contributed by atoms with Crippen LogP contribution in [0.5, 0.6) is 0 Å². The van der Waals surface area contributed by atoms with Crippen molar-refractivity contribution in [3.8, 4) is 0 Å². The fourth-order valence-corrected chi connectivity index (χ4v) is 0. The molecule has 0 heterocycles. The first kappa shape index (κ1) is 29.4. The van der Waals surface area contributed by atoms with Gasteiger partial charge in [0.05, 0.1) is 5.09 Å². The van der Waals surface area contributed by atoms with Crippen LogP contribution in [0.2, 0.25) is 0 Å². The zero-order valence-corrected chi connectivity index (χ0v) is 9.13. The third-order valence-corrected chi connectivity index (χ3v) is 0. The smallest absolute Gasteiger partial charge is 0.759 e. The van der Waals surface area contributed by atoms with Crippen LogP contribution >= 0.6 is 0 Å². The molecule has 0 unspecified atom stereocenters. The summed E-state index contributed by atoms with van der Waals surface area (Å²) < 4.78 is 34.1. The molecule has 0 saturated carbocycles. The van der Waals surface area contributed by atoms with Gasteiger partial charge >= 0.3 is 40.6 Å². The van der Waals surface area contributed by atoms with E-state index in [1.165, 1.54) is 0 Å². The summed E-state index contributed by atoms with van der Waals surface area (Å²) in [5.41, 5.74) is 0. The van der Waals surface area contributed by atoms with Gasteiger partial charge in [0.2, 0.25) is 0 Å². The van der Waals surface area contributed by atoms with E-state index in [1.54, 1.807) is 0 Å². The summed E-state index contributed by atoms with van der Waals surface area (Å²) in [5.74, 6) is 0. The van der Waals surface area contributed by atoms with Crippen molar-refractivity contribution in [1.82, 2.24) is 0 Å². The minimum absolute atomic E-state index is 0. The Balaban J connectivity index is -0.0000000315. The molecule has 0 rings (SSSR count). The molecule has 0 amide bonds. The number of hydrogen-bond acceptors (Lipinski definition) is 10. The topological polar surface area (TPSA) is 207 Å². The van der Waals surface area contributed by atoms with Gasteiger partial charge < -0.3 is 39.5 Å². The second-order valence-corrected chi connectivity index (χ2v) is 1.79. The Morgan fingerprint density at radius 3 is 1.07 bits per heavy atom. The van der Waals surface area contributed by atoms with E-state index in [-0.39, 0.29) is 33.3 Å². The van der Waals surface area contributed by atoms with Gasteiger partial charge in [0.1, 0.15) is 0 Å². The molecular weight excluding hydrogens is 335 g/mol. The van der Waals surface area contributed by atoms with Crippen molar-refractivity contribution in [2.45, 2.75) is 0 Å². The monoisotopic (exact) mass is 337 g/mol. The third-order valence-electron chi connectivity index (χ3n) is 0. The molecule has 11 nitrogen and oxygen atoms in total. The van der Waals surface area contributed by atoms with Crippen LogP contribution < -0.4 is 0 Å². The minimum Gasteiger partial charge on any atom is -0.759 e. The van der Waals surface area contributed by atoms with E-state index >= 15 is 0 Å². The molecule has 0 saturated heterocycles. The fraction of sp³-hybridized carbons (Fsp3) is 0. The van der Waals surface area contributed by atoms with Gasteiger partial charge in [-0.25, -0.2) is 0 Å². The summed E-state index contributed by atoms with van der Waals surface area (Å²) in [7, 11) is -7.33. The van der Waals surface area contributed by atoms with E-state index in [0.29, 0.717) is 0 Å². The maximum atomic E-state index is 8.52. The first-order valence-corrected chi connectivity index (χ1v) is 3.32. The summed E-state index contributed by atoms with van der Waals surface area (Å²) in [5, 5.41) is 36.2. The average molecular weight is 338 g/mol. The van der Waals surface area contributed by atoms with Crippen molar-refractivity contribution in [3.05, 3.63) is 15.3 Å². The Bertz CT molecular complexity index is 199. The molecule has 0 aromatic heterocycles. The van der Waals surface area contributed by atoms with Crippen molar-refractivity contribution >= 4 is 17.7 Å². The molecule has 95 valence electrons. The summed E-state index contributed by atoms with van der Waals surface area (Å²) in [6, 6.07) is 0. The molecule has 1 radical (unpaired) electrons. The SMILES string of the molecule is O=S(=O)([O-])[O-].O=[N+]([O-])[O-].OB(O)O.[Co+2].[Ni+2]. The van der Waals surface area contributed by atoms with Crippen LogP contribution in [0.3, 0.4) is 0 Å². The normalized spacial score (nSPS) is 7.27. The van der Waals surface area contributed by atoms with Gasteiger partial charge in [-0.3, -0.25) is 8.42 Å². The third kappa shape index (κ3) is 9070000. The summed E-state index contributed by atoms with van der Waals surface area (Å²) in [4.78, 5) is 8.25. The van der Waals surface area contributed by atoms with Crippen LogP contribution in [0.25, 0.3) is 0 Å². The molecule has 0 aliphatic rings. The van der Waals surface area contributed by atoms with Crippen LogP contribution in [0.4, 0.5) is 0 Å². The Morgan fingerprint density at radius 1 is 1.07 bits per heavy atom. The standard InChI is InChI=1S/BH3O3.Co.NO3.Ni.H2O4S/c2-1(3)4;;2-1(3)4;;1-5(2,3)4/h2-4H;;;;(H2,1,2,3,4)/q;+2;-1;+2;/p-2. The van der Waals surface area contributed by atoms with Gasteiger partial charge in [0.25, 0.3) is 0 Å². The van der Waals surface area contributed by atoms with Crippen molar-refractivity contribution in [1.29, 1.82) is 0 Å². The summed E-state index contributed by atoms with van der Waals surface area (Å²) in [6.45, 7) is 0. The predicted molar refractivity (Wildman–Crippen MR) is 33.2 cm³/mol. The van der Waals surface area contributed by atoms with Crippen molar-refractivity contribution in [3.63, 3.8) is 0 Å². The first-order valence-electron chi connectivity index (χ1n) is 1.99. The Hall–Kier alpha value is 0.0149. The largest absolute Gasteiger partial charge is 2.00 e. The Labute approximate surface area is 104 Å². The zero-order valence-electron chi connectivity index (χ0n) is 6.28. The van der Waals surface area contributed by atoms with E-state index < -0.39 is 22.8 Å². The fourth-order valence-electron chi connectivity index (χ4n) is 0. The molecule has 0 bridgehead atoms. The van der Waals surface area contributed by atoms with Crippen LogP contribution in [0.1, 0.15) is 0 Å². The van der Waals surface area contributed by atoms with Crippen molar-refractivity contribution in [2.75, 3.05) is 0 Å². The average Bonchev–Trinajstić information content (AvgIpc) is 1.50. The molecule has 0 spiro atoms. The number of hydrogen-bond donors (Lipinski definition) is 3. The van der Waals surface area contributed by atoms with Gasteiger partial charge in [-0.2, -0.15) is 0 Å². The van der Waals surface area contributed by atoms with E-state index in [0.717, 1.165) is 0 Å². The quantitative estimate of drug-likeness (QED) is 0.130. The van der Waals surface area contributed by atoms with E-state index in [9.17, 15) is 0 Å². The van der Waals surface area contributed by atoms with E-state index in [4.69, 9.17) is 47.9 Å². The molecule has 0 atom stereocenters. The summed E-state index contributed by atoms with van der Waals surface area (Å²) in [6.07, 6.45) is 0. The maximum Gasteiger partial charge on any atom is 2.00 e. The Kier molecular flexibility index (Phi) is 32.2. The van der Waals surface area contributed by atoms with Gasteiger partial charge in [-0.05, 0) is 0 Å². The first-order chi connectivity index (χ1) is 5.46. The van der Waals surface area contributed by atoms with Gasteiger partial charge in [-0.15, -0.1) is 0 Å². The van der Waals surface area contributed by atoms with E-state index in [2.05, 4.69) is 0 Å². The molecule has 0 fully saturated rings. The molecule has 3 N–H and O–H groups in total. The number of nitrogens with zero attached hydrogens (tertiary/aromatic N) is 1. The molecule has 15 heavy (non-hydrogen) atoms. The summed E-state index contributed by atoms with van der Waals surface area (Å²) >= 11 is 0. The van der Waals surface area contributed by atoms with Crippen LogP contribution in [-0.2, 0) is 43.7 Å². The van der Waals surface area contributed by atoms with Crippen molar-refractivity contribution in [2.24, 2.45) is 0 Å². The number of rotatable bonds is 0. The second kappa shape index (κ2) is 16.4. The second-order valence-electron chi connectivity index (χ2n) is 0.978. The minimum atomic E-state index is -5.17. The predicted octanol–water partition coefficient (Wildman–Crippen LogP) is -3.63. The van der Waals surface area contributed by atoms with E-state index in [1.807, 2.05) is 0 Å².